The van der Waals surface area contributed by atoms with Crippen LogP contribution in [-0.4, -0.2) is 39.6 Å². The maximum Gasteiger partial charge on any atom is 0.144 e. The van der Waals surface area contributed by atoms with E-state index < -0.39 is 0 Å². The van der Waals surface area contributed by atoms with E-state index >= 15 is 0 Å². The summed E-state index contributed by atoms with van der Waals surface area (Å²) in [6, 6.07) is 4.57. The number of anilines is 1. The molecule has 6 heteroatoms. The number of nitriles is 1. The van der Waals surface area contributed by atoms with E-state index in [1.54, 1.807) is 0 Å². The van der Waals surface area contributed by atoms with E-state index in [1.165, 1.54) is 12.1 Å². The van der Waals surface area contributed by atoms with Crippen LogP contribution in [0.5, 0.6) is 0 Å². The van der Waals surface area contributed by atoms with Gasteiger partial charge in [0.15, 0.2) is 0 Å². The standard InChI is InChI=1S/C19H26N6/c1-13-8-14(2)23-19(16(13)9-20)22-10-15-6-5-7-24(3)18(15)17-11-21-12-25(17)4/h8,11-12,15,18H,5-7,10H2,1-4H3,(H,22,23)/t15-,18+/m0/s1. The Hall–Kier alpha value is -2.39. The topological polar surface area (TPSA) is 69.8 Å². The number of nitrogens with one attached hydrogen (secondary N) is 1. The van der Waals surface area contributed by atoms with Gasteiger partial charge in [0.25, 0.3) is 0 Å². The van der Waals surface area contributed by atoms with Gasteiger partial charge >= 0.3 is 0 Å². The van der Waals surface area contributed by atoms with Crippen molar-refractivity contribution in [3.63, 3.8) is 0 Å². The number of piperidine rings is 1. The first-order valence-corrected chi connectivity index (χ1v) is 8.80. The van der Waals surface area contributed by atoms with Crippen molar-refractivity contribution in [2.75, 3.05) is 25.5 Å². The number of imidazole rings is 1. The SMILES string of the molecule is Cc1cc(C)c(C#N)c(NC[C@@H]2CCCN(C)[C@H]2c2cncn2C)n1. The highest BCUT2D eigenvalue weighted by Crippen LogP contribution is 2.35. The van der Waals surface area contributed by atoms with Gasteiger partial charge in [0.05, 0.1) is 23.6 Å². The number of hydrogen-bond donors (Lipinski definition) is 1. The number of hydrogen-bond acceptors (Lipinski definition) is 5. The maximum absolute atomic E-state index is 9.46. The summed E-state index contributed by atoms with van der Waals surface area (Å²) in [5, 5.41) is 12.9. The minimum atomic E-state index is 0.324. The molecule has 1 N–H and O–H groups in total. The highest BCUT2D eigenvalue weighted by Gasteiger charge is 2.32. The monoisotopic (exact) mass is 338 g/mol. The van der Waals surface area contributed by atoms with Crippen LogP contribution in [0.25, 0.3) is 0 Å². The van der Waals surface area contributed by atoms with E-state index in [1.807, 2.05) is 32.4 Å². The quantitative estimate of drug-likeness (QED) is 0.928. The van der Waals surface area contributed by atoms with E-state index in [9.17, 15) is 5.26 Å². The molecule has 6 nitrogen and oxygen atoms in total. The molecule has 3 heterocycles. The molecule has 0 radical (unpaired) electrons. The van der Waals surface area contributed by atoms with Crippen molar-refractivity contribution in [2.24, 2.45) is 13.0 Å². The summed E-state index contributed by atoms with van der Waals surface area (Å²) in [6.45, 7) is 5.82. The molecule has 2 aromatic heterocycles. The minimum Gasteiger partial charge on any atom is -0.369 e. The lowest BCUT2D eigenvalue weighted by atomic mass is 9.87. The van der Waals surface area contributed by atoms with Crippen LogP contribution in [0.15, 0.2) is 18.6 Å². The van der Waals surface area contributed by atoms with Crippen molar-refractivity contribution >= 4 is 5.82 Å². The summed E-state index contributed by atoms with van der Waals surface area (Å²) in [6.07, 6.45) is 6.17. The van der Waals surface area contributed by atoms with E-state index in [2.05, 4.69) is 44.9 Å². The van der Waals surface area contributed by atoms with E-state index in [0.29, 0.717) is 23.3 Å². The summed E-state index contributed by atoms with van der Waals surface area (Å²) >= 11 is 0. The molecule has 132 valence electrons. The molecule has 25 heavy (non-hydrogen) atoms. The molecule has 3 rings (SSSR count). The van der Waals surface area contributed by atoms with Crippen molar-refractivity contribution in [1.29, 1.82) is 5.26 Å². The van der Waals surface area contributed by atoms with Crippen molar-refractivity contribution in [3.8, 4) is 6.07 Å². The zero-order valence-electron chi connectivity index (χ0n) is 15.5. The van der Waals surface area contributed by atoms with Gasteiger partial charge in [-0.05, 0) is 57.8 Å². The number of nitrogens with zero attached hydrogens (tertiary/aromatic N) is 5. The lowest BCUT2D eigenvalue weighted by Crippen LogP contribution is -2.39. The fourth-order valence-corrected chi connectivity index (χ4v) is 3.93. The molecular weight excluding hydrogens is 312 g/mol. The Morgan fingerprint density at radius 1 is 1.36 bits per heavy atom. The first-order valence-electron chi connectivity index (χ1n) is 8.80. The van der Waals surface area contributed by atoms with Gasteiger partial charge in [0, 0.05) is 25.5 Å². The molecule has 0 bridgehead atoms. The third-order valence-corrected chi connectivity index (χ3v) is 5.15. The maximum atomic E-state index is 9.46. The summed E-state index contributed by atoms with van der Waals surface area (Å²) in [4.78, 5) is 11.3. The van der Waals surface area contributed by atoms with Crippen LogP contribution in [-0.2, 0) is 7.05 Å². The summed E-state index contributed by atoms with van der Waals surface area (Å²) in [5.41, 5.74) is 3.79. The number of aryl methyl sites for hydroxylation is 3. The largest absolute Gasteiger partial charge is 0.369 e. The zero-order valence-corrected chi connectivity index (χ0v) is 15.5. The minimum absolute atomic E-state index is 0.324. The van der Waals surface area contributed by atoms with Crippen LogP contribution in [0.4, 0.5) is 5.82 Å². The molecule has 1 aliphatic rings. The summed E-state index contributed by atoms with van der Waals surface area (Å²) in [5.74, 6) is 1.15. The molecule has 1 fully saturated rings. The number of aromatic nitrogens is 3. The number of rotatable bonds is 4. The Morgan fingerprint density at radius 3 is 2.84 bits per heavy atom. The Bertz CT molecular complexity index is 788. The fraction of sp³-hybridized carbons (Fsp3) is 0.526. The van der Waals surface area contributed by atoms with Crippen molar-refractivity contribution < 1.29 is 0 Å². The van der Waals surface area contributed by atoms with Gasteiger partial charge in [-0.2, -0.15) is 5.26 Å². The van der Waals surface area contributed by atoms with Gasteiger partial charge in [-0.25, -0.2) is 9.97 Å². The lowest BCUT2D eigenvalue weighted by Gasteiger charge is -2.39. The van der Waals surface area contributed by atoms with E-state index in [0.717, 1.165) is 30.8 Å². The summed E-state index contributed by atoms with van der Waals surface area (Å²) < 4.78 is 2.11. The van der Waals surface area contributed by atoms with Crippen LogP contribution in [0, 0.1) is 31.1 Å². The number of pyridine rings is 1. The van der Waals surface area contributed by atoms with E-state index in [4.69, 9.17) is 0 Å². The van der Waals surface area contributed by atoms with Crippen molar-refractivity contribution in [2.45, 2.75) is 32.7 Å². The molecule has 1 saturated heterocycles. The highest BCUT2D eigenvalue weighted by atomic mass is 15.2. The van der Waals surface area contributed by atoms with Gasteiger partial charge in [0.2, 0.25) is 0 Å². The van der Waals surface area contributed by atoms with Gasteiger partial charge in [-0.3, -0.25) is 4.90 Å². The average Bonchev–Trinajstić information content (AvgIpc) is 2.98. The zero-order chi connectivity index (χ0) is 18.0. The Labute approximate surface area is 149 Å². The second-order valence-corrected chi connectivity index (χ2v) is 7.05. The highest BCUT2D eigenvalue weighted by molar-refractivity contribution is 5.56. The van der Waals surface area contributed by atoms with Crippen molar-refractivity contribution in [1.82, 2.24) is 19.4 Å². The molecule has 2 atom stereocenters. The Balaban J connectivity index is 1.82. The normalized spacial score (nSPS) is 21.1. The van der Waals surface area contributed by atoms with Crippen LogP contribution in [0.3, 0.4) is 0 Å². The molecule has 0 aliphatic carbocycles. The Kier molecular flexibility index (Phi) is 5.05. The summed E-state index contributed by atoms with van der Waals surface area (Å²) in [7, 11) is 4.23. The molecule has 2 aromatic rings. The van der Waals surface area contributed by atoms with Gasteiger partial charge in [0.1, 0.15) is 11.9 Å². The molecule has 0 saturated carbocycles. The number of likely N-dealkylation sites (tertiary alicyclic amines) is 1. The van der Waals surface area contributed by atoms with Crippen LogP contribution >= 0.6 is 0 Å². The fourth-order valence-electron chi connectivity index (χ4n) is 3.93. The smallest absolute Gasteiger partial charge is 0.144 e. The first-order chi connectivity index (χ1) is 12.0. The Morgan fingerprint density at radius 2 is 2.16 bits per heavy atom. The molecule has 1 aliphatic heterocycles. The van der Waals surface area contributed by atoms with Crippen LogP contribution < -0.4 is 5.32 Å². The van der Waals surface area contributed by atoms with Gasteiger partial charge in [-0.1, -0.05) is 0 Å². The molecule has 0 spiro atoms. The molecule has 0 unspecified atom stereocenters. The molecule has 0 aromatic carbocycles. The predicted molar refractivity (Wildman–Crippen MR) is 98.2 cm³/mol. The van der Waals surface area contributed by atoms with Gasteiger partial charge < -0.3 is 9.88 Å². The molecule has 0 amide bonds. The van der Waals surface area contributed by atoms with Crippen LogP contribution in [0.2, 0.25) is 0 Å². The predicted octanol–water partition coefficient (Wildman–Crippen LogP) is 2.80. The second-order valence-electron chi connectivity index (χ2n) is 7.05. The first kappa shape index (κ1) is 17.4. The molecular formula is C19H26N6. The third kappa shape index (κ3) is 3.52. The third-order valence-electron chi connectivity index (χ3n) is 5.15. The van der Waals surface area contributed by atoms with Crippen molar-refractivity contribution in [3.05, 3.63) is 41.1 Å². The second kappa shape index (κ2) is 7.24. The van der Waals surface area contributed by atoms with E-state index in [-0.39, 0.29) is 0 Å². The van der Waals surface area contributed by atoms with Gasteiger partial charge in [-0.15, -0.1) is 0 Å². The van der Waals surface area contributed by atoms with Crippen LogP contribution in [0.1, 0.15) is 41.4 Å². The average molecular weight is 338 g/mol. The lowest BCUT2D eigenvalue weighted by molar-refractivity contribution is 0.122.